The van der Waals surface area contributed by atoms with E-state index in [4.69, 9.17) is 11.6 Å². The van der Waals surface area contributed by atoms with E-state index in [2.05, 4.69) is 6.92 Å². The average molecular weight is 367 g/mol. The second-order valence-electron chi connectivity index (χ2n) is 10.7. The van der Waals surface area contributed by atoms with E-state index in [1.807, 2.05) is 6.92 Å². The summed E-state index contributed by atoms with van der Waals surface area (Å²) in [4.78, 5) is -0.123. The van der Waals surface area contributed by atoms with E-state index in [0.717, 1.165) is 37.0 Å². The molecule has 0 saturated heterocycles. The number of fused-ring (bicyclic) bond motifs is 3. The van der Waals surface area contributed by atoms with E-state index in [1.165, 1.54) is 44.9 Å². The Morgan fingerprint density at radius 2 is 1.76 bits per heavy atom. The minimum Gasteiger partial charge on any atom is -0.393 e. The quantitative estimate of drug-likeness (QED) is 0.657. The van der Waals surface area contributed by atoms with Crippen LogP contribution in [0.5, 0.6) is 0 Å². The van der Waals surface area contributed by atoms with Crippen LogP contribution >= 0.6 is 11.6 Å². The summed E-state index contributed by atoms with van der Waals surface area (Å²) >= 11 is 7.40. The van der Waals surface area contributed by atoms with Crippen LogP contribution in [0.1, 0.15) is 78.1 Å². The number of rotatable bonds is 1. The number of aliphatic hydroxyl groups is 2. The van der Waals surface area contributed by atoms with E-state index in [1.54, 1.807) is 0 Å². The molecule has 25 heavy (non-hydrogen) atoms. The van der Waals surface area contributed by atoms with Crippen LogP contribution in [-0.2, 0) is 0 Å². The zero-order chi connectivity index (χ0) is 17.6. The first-order valence-electron chi connectivity index (χ1n) is 10.9. The maximum atomic E-state index is 10.4. The Balaban J connectivity index is 1.51. The first-order valence-corrected chi connectivity index (χ1v) is 11.2. The molecule has 142 valence electrons. The molecular weight excluding hydrogens is 332 g/mol. The van der Waals surface area contributed by atoms with Crippen LogP contribution in [0.15, 0.2) is 0 Å². The van der Waals surface area contributed by atoms with Crippen molar-refractivity contribution in [3.05, 3.63) is 0 Å². The van der Waals surface area contributed by atoms with Crippen LogP contribution < -0.4 is 0 Å². The second-order valence-corrected chi connectivity index (χ2v) is 11.4. The molecule has 2 bridgehead atoms. The molecule has 3 heteroatoms. The van der Waals surface area contributed by atoms with Crippen molar-refractivity contribution in [1.82, 2.24) is 0 Å². The summed E-state index contributed by atoms with van der Waals surface area (Å²) in [5.41, 5.74) is 0.636. The highest BCUT2D eigenvalue weighted by Gasteiger charge is 2.71. The third-order valence-corrected chi connectivity index (χ3v) is 11.1. The van der Waals surface area contributed by atoms with E-state index >= 15 is 0 Å². The lowest BCUT2D eigenvalue weighted by molar-refractivity contribution is -0.125. The summed E-state index contributed by atoms with van der Waals surface area (Å²) in [6, 6.07) is 0. The van der Waals surface area contributed by atoms with Gasteiger partial charge in [-0.2, -0.15) is 0 Å². The zero-order valence-electron chi connectivity index (χ0n) is 15.9. The minimum absolute atomic E-state index is 0.123. The summed E-state index contributed by atoms with van der Waals surface area (Å²) in [6.07, 6.45) is 11.6. The number of aliphatic hydroxyl groups excluding tert-OH is 2. The van der Waals surface area contributed by atoms with Crippen molar-refractivity contribution in [3.8, 4) is 0 Å². The SMILES string of the molecule is C[C@@H](O)[C@H]1CC[C@H]2[C@@H]3C[C@H]4CC[C@@]5(CC[C@H](O)C[C@]45Cl)[C@H]3CC[C@]12C. The molecule has 5 saturated carbocycles. The molecule has 0 heterocycles. The van der Waals surface area contributed by atoms with Gasteiger partial charge in [-0.15, -0.1) is 11.6 Å². The van der Waals surface area contributed by atoms with Crippen LogP contribution in [0.3, 0.4) is 0 Å². The van der Waals surface area contributed by atoms with Crippen molar-refractivity contribution in [3.63, 3.8) is 0 Å². The largest absolute Gasteiger partial charge is 0.393 e. The third kappa shape index (κ3) is 2.00. The van der Waals surface area contributed by atoms with Gasteiger partial charge in [0.05, 0.1) is 17.1 Å². The van der Waals surface area contributed by atoms with Crippen LogP contribution in [-0.4, -0.2) is 27.3 Å². The lowest BCUT2D eigenvalue weighted by Gasteiger charge is -2.64. The van der Waals surface area contributed by atoms with Gasteiger partial charge in [0.25, 0.3) is 0 Å². The van der Waals surface area contributed by atoms with Crippen molar-refractivity contribution < 1.29 is 10.2 Å². The Morgan fingerprint density at radius 3 is 2.52 bits per heavy atom. The molecule has 5 rings (SSSR count). The molecule has 10 atom stereocenters. The molecule has 0 aromatic carbocycles. The molecular formula is C22H35ClO2. The molecule has 5 aliphatic carbocycles. The van der Waals surface area contributed by atoms with Gasteiger partial charge in [0, 0.05) is 0 Å². The summed E-state index contributed by atoms with van der Waals surface area (Å²) in [5.74, 6) is 3.47. The van der Waals surface area contributed by atoms with Gasteiger partial charge in [-0.1, -0.05) is 6.92 Å². The number of halogens is 1. The van der Waals surface area contributed by atoms with Gasteiger partial charge in [0.1, 0.15) is 0 Å². The van der Waals surface area contributed by atoms with Crippen molar-refractivity contribution in [2.75, 3.05) is 0 Å². The first kappa shape index (κ1) is 17.3. The normalized spacial score (nSPS) is 61.3. The predicted molar refractivity (Wildman–Crippen MR) is 100 cm³/mol. The van der Waals surface area contributed by atoms with Crippen molar-refractivity contribution in [2.24, 2.45) is 40.4 Å². The van der Waals surface area contributed by atoms with Crippen LogP contribution in [0.25, 0.3) is 0 Å². The highest BCUT2D eigenvalue weighted by Crippen LogP contribution is 2.75. The number of hydrogen-bond acceptors (Lipinski definition) is 2. The molecule has 2 nitrogen and oxygen atoms in total. The van der Waals surface area contributed by atoms with Gasteiger partial charge >= 0.3 is 0 Å². The molecule has 0 amide bonds. The molecule has 0 spiro atoms. The summed E-state index contributed by atoms with van der Waals surface area (Å²) in [5, 5.41) is 20.7. The van der Waals surface area contributed by atoms with E-state index < -0.39 is 0 Å². The molecule has 2 N–H and O–H groups in total. The molecule has 0 aliphatic heterocycles. The van der Waals surface area contributed by atoms with E-state index in [9.17, 15) is 10.2 Å². The summed E-state index contributed by atoms with van der Waals surface area (Å²) in [6.45, 7) is 4.50. The molecule has 0 aromatic rings. The Kier molecular flexibility index (Phi) is 3.73. The van der Waals surface area contributed by atoms with Gasteiger partial charge in [0.15, 0.2) is 0 Å². The molecule has 5 fully saturated rings. The average Bonchev–Trinajstić information content (AvgIpc) is 2.97. The standard InChI is InChI=1S/C22H35ClO2/c1-13(24)17-3-4-18-16-11-14-5-9-21(19(16)7-8-20(17,18)2)10-6-15(25)12-22(14,21)23/h13-19,24-25H,3-12H2,1-2H3/t13-,14-,15+,16+,17-,18+,19+,20-,21-,22+/m1/s1. The fourth-order valence-electron chi connectivity index (χ4n) is 9.29. The van der Waals surface area contributed by atoms with Gasteiger partial charge in [0.2, 0.25) is 0 Å². The monoisotopic (exact) mass is 366 g/mol. The topological polar surface area (TPSA) is 40.5 Å². The lowest BCUT2D eigenvalue weighted by atomic mass is 9.44. The van der Waals surface area contributed by atoms with Crippen LogP contribution in [0.4, 0.5) is 0 Å². The molecule has 0 unspecified atom stereocenters. The Morgan fingerprint density at radius 1 is 1.00 bits per heavy atom. The molecule has 5 aliphatic rings. The fraction of sp³-hybridized carbons (Fsp3) is 1.00. The lowest BCUT2D eigenvalue weighted by Crippen LogP contribution is -2.61. The maximum Gasteiger partial charge on any atom is 0.0558 e. The molecule has 0 aromatic heterocycles. The van der Waals surface area contributed by atoms with Gasteiger partial charge in [-0.05, 0) is 112 Å². The fourth-order valence-corrected chi connectivity index (χ4v) is 10.00. The van der Waals surface area contributed by atoms with Gasteiger partial charge in [-0.3, -0.25) is 0 Å². The molecule has 0 radical (unpaired) electrons. The summed E-state index contributed by atoms with van der Waals surface area (Å²) in [7, 11) is 0. The highest BCUT2D eigenvalue weighted by molar-refractivity contribution is 6.25. The highest BCUT2D eigenvalue weighted by atomic mass is 35.5. The smallest absolute Gasteiger partial charge is 0.0558 e. The number of hydrogen-bond donors (Lipinski definition) is 2. The van der Waals surface area contributed by atoms with Gasteiger partial charge in [-0.25, -0.2) is 0 Å². The van der Waals surface area contributed by atoms with E-state index in [0.29, 0.717) is 22.7 Å². The summed E-state index contributed by atoms with van der Waals surface area (Å²) < 4.78 is 0. The predicted octanol–water partition coefficient (Wildman–Crippen LogP) is 4.75. The Bertz CT molecular complexity index is 564. The second kappa shape index (κ2) is 5.39. The minimum atomic E-state index is -0.178. The Labute approximate surface area is 157 Å². The van der Waals surface area contributed by atoms with Crippen molar-refractivity contribution >= 4 is 11.6 Å². The third-order valence-electron chi connectivity index (χ3n) is 10.2. The van der Waals surface area contributed by atoms with Gasteiger partial charge < -0.3 is 10.2 Å². The van der Waals surface area contributed by atoms with Crippen molar-refractivity contribution in [2.45, 2.75) is 95.1 Å². The van der Waals surface area contributed by atoms with Crippen LogP contribution in [0, 0.1) is 40.4 Å². The van der Waals surface area contributed by atoms with Crippen LogP contribution in [0.2, 0.25) is 0 Å². The Hall–Kier alpha value is 0.210. The first-order chi connectivity index (χ1) is 11.8. The number of alkyl halides is 1. The zero-order valence-corrected chi connectivity index (χ0v) is 16.6. The van der Waals surface area contributed by atoms with E-state index in [-0.39, 0.29) is 17.1 Å². The van der Waals surface area contributed by atoms with Crippen molar-refractivity contribution in [1.29, 1.82) is 0 Å². The maximum absolute atomic E-state index is 10.4.